The van der Waals surface area contributed by atoms with Gasteiger partial charge in [-0.15, -0.1) is 0 Å². The minimum Gasteiger partial charge on any atom is -0.549 e. The van der Waals surface area contributed by atoms with Gasteiger partial charge in [0, 0.05) is 105 Å². The molecule has 0 aromatic rings. The molecule has 0 aromatic heterocycles. The van der Waals surface area contributed by atoms with Crippen molar-refractivity contribution in [3.8, 4) is 0 Å². The Hall–Kier alpha value is -1.12. The number of aliphatic hydroxyl groups is 3. The van der Waals surface area contributed by atoms with E-state index < -0.39 is 60.9 Å². The van der Waals surface area contributed by atoms with E-state index in [1.54, 1.807) is 19.6 Å². The second-order valence-corrected chi connectivity index (χ2v) is 9.19. The van der Waals surface area contributed by atoms with Crippen LogP contribution in [0.5, 0.6) is 0 Å². The van der Waals surface area contributed by atoms with E-state index in [0.717, 1.165) is 0 Å². The van der Waals surface area contributed by atoms with E-state index in [0.29, 0.717) is 0 Å². The fourth-order valence-electron chi connectivity index (χ4n) is 4.36. The Morgan fingerprint density at radius 2 is 1.05 bits per heavy atom. The molecule has 6 N–H and O–H groups in total. The van der Waals surface area contributed by atoms with Gasteiger partial charge in [0.15, 0.2) is 6.10 Å². The van der Waals surface area contributed by atoms with Gasteiger partial charge in [0.05, 0.1) is 25.2 Å². The largest absolute Gasteiger partial charge is 0.549 e. The molecule has 0 aliphatic carbocycles. The number of ether oxygens (including phenoxy) is 1. The van der Waals surface area contributed by atoms with Crippen molar-refractivity contribution in [1.29, 1.82) is 0 Å². The summed E-state index contributed by atoms with van der Waals surface area (Å²) >= 11 is 0. The summed E-state index contributed by atoms with van der Waals surface area (Å²) in [4.78, 5) is 51.8. The predicted octanol–water partition coefficient (Wildman–Crippen LogP) is -5.94. The van der Waals surface area contributed by atoms with E-state index in [-0.39, 0.29) is 112 Å². The molecule has 0 bridgehead atoms. The summed E-state index contributed by atoms with van der Waals surface area (Å²) < 4.78 is 5.36. The Bertz CT molecular complexity index is 776. The Balaban J connectivity index is 0.00000722. The van der Waals surface area contributed by atoms with Crippen LogP contribution in [0.25, 0.3) is 0 Å². The van der Waals surface area contributed by atoms with Crippen LogP contribution in [-0.4, -0.2) is 183 Å². The van der Waals surface area contributed by atoms with Crippen LogP contribution in [0, 0.1) is 39.9 Å². The van der Waals surface area contributed by atoms with E-state index in [1.165, 1.54) is 0 Å². The third-order valence-electron chi connectivity index (χ3n) is 6.39. The van der Waals surface area contributed by atoms with Crippen LogP contribution in [0.3, 0.4) is 0 Å². The maximum atomic E-state index is 11.4. The quantitative estimate of drug-likeness (QED) is 0.132. The van der Waals surface area contributed by atoms with E-state index >= 15 is 0 Å². The van der Waals surface area contributed by atoms with Gasteiger partial charge < -0.3 is 45.3 Å². The van der Waals surface area contributed by atoms with Crippen molar-refractivity contribution in [3.63, 3.8) is 0 Å². The molecule has 2 aliphatic heterocycles. The molecule has 0 aromatic carbocycles. The summed E-state index contributed by atoms with van der Waals surface area (Å²) in [5.74, 6) is -5.01. The molecule has 2 aliphatic rings. The minimum absolute atomic E-state index is 0. The van der Waals surface area contributed by atoms with Crippen molar-refractivity contribution < 1.29 is 99.6 Å². The molecule has 220 valence electrons. The van der Waals surface area contributed by atoms with Crippen LogP contribution in [0.1, 0.15) is 0 Å². The molecule has 17 heteroatoms. The first-order valence-corrected chi connectivity index (χ1v) is 11.8. The average molecular weight is 693 g/mol. The molecule has 0 amide bonds. The van der Waals surface area contributed by atoms with E-state index in [9.17, 15) is 54.9 Å². The zero-order valence-electron chi connectivity index (χ0n) is 20.6. The van der Waals surface area contributed by atoms with Crippen LogP contribution in [-0.2, 0) is 23.9 Å². The molecule has 0 radical (unpaired) electrons. The molecule has 2 rings (SSSR count). The van der Waals surface area contributed by atoms with Gasteiger partial charge in [0.2, 0.25) is 0 Å². The Morgan fingerprint density at radius 3 is 1.42 bits per heavy atom. The average Bonchev–Trinajstić information content (AvgIpc) is 2.79. The van der Waals surface area contributed by atoms with Gasteiger partial charge >= 0.3 is 17.9 Å². The van der Waals surface area contributed by atoms with E-state index in [1.807, 2.05) is 0 Å². The van der Waals surface area contributed by atoms with E-state index in [2.05, 4.69) is 0 Å². The molecule has 5 atom stereocenters. The SMILES string of the molecule is O=C([O-])CN1CCN(CC(=O)O)CCN(CC(=O)O)CCN(C[C@H]2OC(C(=O)O)[C@@H](O)[C@H](O)C2O)CC1.[Gd]. The number of hydrogen-bond donors (Lipinski definition) is 6. The second kappa shape index (κ2) is 16.9. The summed E-state index contributed by atoms with van der Waals surface area (Å²) in [6.45, 7) is 0.434. The zero-order valence-corrected chi connectivity index (χ0v) is 22.9. The molecule has 2 saturated heterocycles. The first kappa shape index (κ1) is 34.9. The molecule has 0 saturated carbocycles. The Labute approximate surface area is 251 Å². The van der Waals surface area contributed by atoms with Crippen molar-refractivity contribution in [1.82, 2.24) is 19.6 Å². The molecular weight excluding hydrogens is 657 g/mol. The predicted molar refractivity (Wildman–Crippen MR) is 120 cm³/mol. The maximum Gasteiger partial charge on any atom is 0.335 e. The van der Waals surface area contributed by atoms with Gasteiger partial charge in [-0.3, -0.25) is 29.2 Å². The first-order chi connectivity index (χ1) is 17.4. The van der Waals surface area contributed by atoms with Crippen molar-refractivity contribution in [2.24, 2.45) is 0 Å². The minimum atomic E-state index is -1.84. The molecule has 16 nitrogen and oxygen atoms in total. The number of aliphatic hydroxyl groups excluding tert-OH is 3. The van der Waals surface area contributed by atoms with E-state index in [4.69, 9.17) is 4.74 Å². The maximum absolute atomic E-state index is 11.4. The number of rotatable bonds is 9. The normalized spacial score (nSPS) is 29.4. The summed E-state index contributed by atoms with van der Waals surface area (Å²) in [6, 6.07) is 0. The third-order valence-corrected chi connectivity index (χ3v) is 6.39. The van der Waals surface area contributed by atoms with Crippen molar-refractivity contribution in [2.45, 2.75) is 30.5 Å². The van der Waals surface area contributed by atoms with Gasteiger partial charge in [-0.1, -0.05) is 0 Å². The van der Waals surface area contributed by atoms with Crippen LogP contribution in [0.4, 0.5) is 0 Å². The van der Waals surface area contributed by atoms with Crippen LogP contribution >= 0.6 is 0 Å². The van der Waals surface area contributed by atoms with Crippen LogP contribution in [0.2, 0.25) is 0 Å². The molecule has 0 spiro atoms. The van der Waals surface area contributed by atoms with Gasteiger partial charge in [-0.2, -0.15) is 0 Å². The summed E-state index contributed by atoms with van der Waals surface area (Å²) in [6.07, 6.45) is -8.19. The Morgan fingerprint density at radius 1 is 0.658 bits per heavy atom. The number of carboxylic acid groups (broad SMARTS) is 4. The smallest absolute Gasteiger partial charge is 0.335 e. The zero-order chi connectivity index (χ0) is 27.7. The monoisotopic (exact) mass is 693 g/mol. The van der Waals surface area contributed by atoms with Gasteiger partial charge in [-0.05, 0) is 0 Å². The fraction of sp³-hybridized carbons (Fsp3) is 0.810. The topological polar surface area (TPSA) is 235 Å². The van der Waals surface area contributed by atoms with Gasteiger partial charge in [0.1, 0.15) is 18.3 Å². The number of carbonyl (C=O) groups excluding carboxylic acids is 1. The molecule has 2 heterocycles. The first-order valence-electron chi connectivity index (χ1n) is 11.8. The van der Waals surface area contributed by atoms with Crippen molar-refractivity contribution in [3.05, 3.63) is 0 Å². The van der Waals surface area contributed by atoms with Gasteiger partial charge in [0.25, 0.3) is 0 Å². The summed E-state index contributed by atoms with van der Waals surface area (Å²) in [7, 11) is 0. The number of hydrogen-bond acceptors (Lipinski definition) is 13. The third kappa shape index (κ3) is 11.6. The molecule has 2 fully saturated rings. The molecule has 2 unspecified atom stereocenters. The van der Waals surface area contributed by atoms with Crippen LogP contribution in [0.15, 0.2) is 0 Å². The summed E-state index contributed by atoms with van der Waals surface area (Å²) in [5, 5.41) is 69.5. The molecule has 38 heavy (non-hydrogen) atoms. The van der Waals surface area contributed by atoms with Crippen molar-refractivity contribution >= 4 is 23.9 Å². The van der Waals surface area contributed by atoms with Crippen LogP contribution < -0.4 is 5.11 Å². The second-order valence-electron chi connectivity index (χ2n) is 9.19. The van der Waals surface area contributed by atoms with Gasteiger partial charge in [-0.25, -0.2) is 4.79 Å². The molecular formula is C21H35GdN4O12-. The number of nitrogens with zero attached hydrogens (tertiary/aromatic N) is 4. The Kier molecular flexibility index (Phi) is 15.5. The van der Waals surface area contributed by atoms with Crippen molar-refractivity contribution in [2.75, 3.05) is 78.5 Å². The number of carboxylic acids is 4. The fourth-order valence-corrected chi connectivity index (χ4v) is 4.36. The standard InChI is InChI=1S/C21H36N4O12.Gd/c26-14(27)10-23-3-1-22(9-13-17(32)18(33)19(34)20(37-13)21(35)36)2-4-24(11-15(28)29)6-8-25(7-5-23)12-16(30)31;/h13,17-20,32-34H,1-12H2,(H,26,27)(H,28,29)(H,30,31)(H,35,36);/p-1/t13-,17?,18-,19+,20?;/m1./s1. The number of aliphatic carboxylic acids is 4. The summed E-state index contributed by atoms with van der Waals surface area (Å²) in [5.41, 5.74) is 0. The number of carbonyl (C=O) groups is 4.